The van der Waals surface area contributed by atoms with Gasteiger partial charge in [-0.05, 0) is 53.9 Å². The van der Waals surface area contributed by atoms with Crippen molar-refractivity contribution in [3.8, 4) is 11.1 Å². The highest BCUT2D eigenvalue weighted by Gasteiger charge is 2.32. The van der Waals surface area contributed by atoms with Gasteiger partial charge in [-0.15, -0.1) is 0 Å². The first-order valence-electron chi connectivity index (χ1n) is 8.91. The number of amides is 1. The molecule has 1 atom stereocenters. The van der Waals surface area contributed by atoms with E-state index in [0.29, 0.717) is 11.4 Å². The van der Waals surface area contributed by atoms with Crippen LogP contribution in [0.2, 0.25) is 0 Å². The lowest BCUT2D eigenvalue weighted by Gasteiger charge is -2.13. The molecule has 0 bridgehead atoms. The Hall–Kier alpha value is -3.53. The quantitative estimate of drug-likeness (QED) is 0.566. The molecule has 0 spiro atoms. The molecule has 0 aliphatic heterocycles. The summed E-state index contributed by atoms with van der Waals surface area (Å²) in [6.07, 6.45) is -1.99. The number of primary amides is 1. The van der Waals surface area contributed by atoms with Crippen LogP contribution in [0.1, 0.15) is 29.4 Å². The predicted molar refractivity (Wildman–Crippen MR) is 105 cm³/mol. The standard InChI is InChI=1S/C20H19F3N6O/c1-11-6-13(12-2-4-26-16(9-12)15(24)10-18(25)30)8-14(7-11)28-19-27-5-3-17(29-19)20(21,22)23/h2-9,15H,10,24H2,1H3,(H2,25,30)(H,27,28,29). The molecule has 0 fully saturated rings. The van der Waals surface area contributed by atoms with E-state index in [1.807, 2.05) is 13.0 Å². The second kappa shape index (κ2) is 8.46. The van der Waals surface area contributed by atoms with Gasteiger partial charge in [-0.25, -0.2) is 9.97 Å². The lowest BCUT2D eigenvalue weighted by atomic mass is 10.0. The Balaban J connectivity index is 1.90. The number of carbonyl (C=O) groups is 1. The number of carbonyl (C=O) groups excluding carboxylic acids is 1. The number of nitrogens with two attached hydrogens (primary N) is 2. The van der Waals surface area contributed by atoms with Crippen molar-refractivity contribution in [1.82, 2.24) is 15.0 Å². The fourth-order valence-electron chi connectivity index (χ4n) is 2.88. The third-order valence-corrected chi connectivity index (χ3v) is 4.19. The number of benzene rings is 1. The molecule has 7 nitrogen and oxygen atoms in total. The summed E-state index contributed by atoms with van der Waals surface area (Å²) in [6, 6.07) is 9.08. The van der Waals surface area contributed by atoms with Crippen molar-refractivity contribution in [3.05, 3.63) is 65.7 Å². The average molecular weight is 416 g/mol. The molecule has 2 aromatic heterocycles. The van der Waals surface area contributed by atoms with Gasteiger partial charge in [0.25, 0.3) is 0 Å². The third-order valence-electron chi connectivity index (χ3n) is 4.19. The maximum absolute atomic E-state index is 12.9. The normalized spacial score (nSPS) is 12.4. The van der Waals surface area contributed by atoms with Gasteiger partial charge < -0.3 is 16.8 Å². The maximum Gasteiger partial charge on any atom is 0.433 e. The van der Waals surface area contributed by atoms with Crippen molar-refractivity contribution in [2.24, 2.45) is 11.5 Å². The van der Waals surface area contributed by atoms with Crippen LogP contribution in [0.25, 0.3) is 11.1 Å². The van der Waals surface area contributed by atoms with E-state index >= 15 is 0 Å². The van der Waals surface area contributed by atoms with Crippen molar-refractivity contribution < 1.29 is 18.0 Å². The summed E-state index contributed by atoms with van der Waals surface area (Å²) < 4.78 is 38.6. The Morgan fingerprint density at radius 1 is 1.10 bits per heavy atom. The Bertz CT molecular complexity index is 1070. The summed E-state index contributed by atoms with van der Waals surface area (Å²) in [5.41, 5.74) is 13.6. The predicted octanol–water partition coefficient (Wildman–Crippen LogP) is 3.48. The molecule has 0 radical (unpaired) electrons. The molecular weight excluding hydrogens is 397 g/mol. The van der Waals surface area contributed by atoms with Crippen molar-refractivity contribution in [1.29, 1.82) is 0 Å². The maximum atomic E-state index is 12.9. The highest BCUT2D eigenvalue weighted by atomic mass is 19.4. The summed E-state index contributed by atoms with van der Waals surface area (Å²) in [5.74, 6) is -0.696. The van der Waals surface area contributed by atoms with Gasteiger partial charge in [0.05, 0.1) is 11.7 Å². The van der Waals surface area contributed by atoms with Crippen LogP contribution >= 0.6 is 0 Å². The second-order valence-corrected chi connectivity index (χ2v) is 6.72. The minimum atomic E-state index is -4.56. The van der Waals surface area contributed by atoms with E-state index in [2.05, 4.69) is 20.3 Å². The van der Waals surface area contributed by atoms with Gasteiger partial charge in [0.1, 0.15) is 5.69 Å². The number of hydrogen-bond acceptors (Lipinski definition) is 6. The van der Waals surface area contributed by atoms with Gasteiger partial charge in [0, 0.05) is 24.5 Å². The number of anilines is 2. The molecule has 3 rings (SSSR count). The van der Waals surface area contributed by atoms with Crippen LogP contribution < -0.4 is 16.8 Å². The van der Waals surface area contributed by atoms with Crippen molar-refractivity contribution in [2.75, 3.05) is 5.32 Å². The Morgan fingerprint density at radius 3 is 2.53 bits per heavy atom. The molecule has 1 unspecified atom stereocenters. The highest BCUT2D eigenvalue weighted by Crippen LogP contribution is 2.30. The lowest BCUT2D eigenvalue weighted by molar-refractivity contribution is -0.141. The summed E-state index contributed by atoms with van der Waals surface area (Å²) >= 11 is 0. The molecule has 1 aromatic carbocycles. The first-order chi connectivity index (χ1) is 14.1. The monoisotopic (exact) mass is 416 g/mol. The Labute approximate surface area is 170 Å². The summed E-state index contributed by atoms with van der Waals surface area (Å²) in [6.45, 7) is 1.85. The van der Waals surface area contributed by atoms with Crippen LogP contribution in [0.5, 0.6) is 0 Å². The molecule has 0 aliphatic rings. The molecule has 10 heteroatoms. The number of halogens is 3. The van der Waals surface area contributed by atoms with E-state index in [4.69, 9.17) is 11.5 Å². The first-order valence-corrected chi connectivity index (χ1v) is 8.91. The van der Waals surface area contributed by atoms with Crippen LogP contribution in [0.4, 0.5) is 24.8 Å². The topological polar surface area (TPSA) is 120 Å². The summed E-state index contributed by atoms with van der Waals surface area (Å²) in [4.78, 5) is 22.7. The van der Waals surface area contributed by atoms with Gasteiger partial charge in [-0.1, -0.05) is 6.07 Å². The second-order valence-electron chi connectivity index (χ2n) is 6.72. The molecule has 5 N–H and O–H groups in total. The van der Waals surface area contributed by atoms with E-state index in [1.54, 1.807) is 30.5 Å². The SMILES string of the molecule is Cc1cc(Nc2nccc(C(F)(F)F)n2)cc(-c2ccnc(C(N)CC(N)=O)c2)c1. The van der Waals surface area contributed by atoms with Crippen LogP contribution in [0.3, 0.4) is 0 Å². The number of hydrogen-bond donors (Lipinski definition) is 3. The van der Waals surface area contributed by atoms with E-state index in [1.165, 1.54) is 0 Å². The molecule has 0 saturated heterocycles. The number of aryl methyl sites for hydroxylation is 1. The zero-order valence-electron chi connectivity index (χ0n) is 15.9. The van der Waals surface area contributed by atoms with E-state index < -0.39 is 23.8 Å². The molecule has 30 heavy (non-hydrogen) atoms. The zero-order valence-corrected chi connectivity index (χ0v) is 15.9. The first kappa shape index (κ1) is 21.2. The molecule has 2 heterocycles. The molecule has 156 valence electrons. The number of pyridine rings is 1. The van der Waals surface area contributed by atoms with Gasteiger partial charge in [0.2, 0.25) is 11.9 Å². The summed E-state index contributed by atoms with van der Waals surface area (Å²) in [5, 5.41) is 2.81. The van der Waals surface area contributed by atoms with E-state index in [-0.39, 0.29) is 12.4 Å². The number of aromatic nitrogens is 3. The highest BCUT2D eigenvalue weighted by molar-refractivity contribution is 5.75. The van der Waals surface area contributed by atoms with Crippen LogP contribution in [-0.4, -0.2) is 20.9 Å². The van der Waals surface area contributed by atoms with E-state index in [9.17, 15) is 18.0 Å². The van der Waals surface area contributed by atoms with Gasteiger partial charge in [0.15, 0.2) is 0 Å². The van der Waals surface area contributed by atoms with Gasteiger partial charge in [-0.3, -0.25) is 9.78 Å². The van der Waals surface area contributed by atoms with Crippen molar-refractivity contribution in [3.63, 3.8) is 0 Å². The molecular formula is C20H19F3N6O. The van der Waals surface area contributed by atoms with Crippen molar-refractivity contribution in [2.45, 2.75) is 25.6 Å². The number of nitrogens with one attached hydrogen (secondary N) is 1. The fraction of sp³-hybridized carbons (Fsp3) is 0.200. The smallest absolute Gasteiger partial charge is 0.370 e. The average Bonchev–Trinajstić information content (AvgIpc) is 2.67. The van der Waals surface area contributed by atoms with Crippen LogP contribution in [-0.2, 0) is 11.0 Å². The zero-order chi connectivity index (χ0) is 21.9. The van der Waals surface area contributed by atoms with Gasteiger partial charge >= 0.3 is 6.18 Å². The minimum Gasteiger partial charge on any atom is -0.370 e. The molecule has 0 aliphatic carbocycles. The Morgan fingerprint density at radius 2 is 1.83 bits per heavy atom. The molecule has 3 aromatic rings. The van der Waals surface area contributed by atoms with E-state index in [0.717, 1.165) is 29.0 Å². The van der Waals surface area contributed by atoms with Gasteiger partial charge in [-0.2, -0.15) is 13.2 Å². The van der Waals surface area contributed by atoms with Crippen molar-refractivity contribution >= 4 is 17.5 Å². The third kappa shape index (κ3) is 5.29. The number of rotatable bonds is 6. The fourth-order valence-corrected chi connectivity index (χ4v) is 2.88. The lowest BCUT2D eigenvalue weighted by Crippen LogP contribution is -2.21. The minimum absolute atomic E-state index is 0.0377. The Kier molecular flexibility index (Phi) is 5.97. The molecule has 1 amide bonds. The molecule has 0 saturated carbocycles. The largest absolute Gasteiger partial charge is 0.433 e. The number of nitrogens with zero attached hydrogens (tertiary/aromatic N) is 3. The van der Waals surface area contributed by atoms with Crippen LogP contribution in [0.15, 0.2) is 48.8 Å². The summed E-state index contributed by atoms with van der Waals surface area (Å²) in [7, 11) is 0. The van der Waals surface area contributed by atoms with Crippen LogP contribution in [0, 0.1) is 6.92 Å². The number of alkyl halides is 3.